The number of hydrogen-bond acceptors (Lipinski definition) is 3. The lowest BCUT2D eigenvalue weighted by Crippen LogP contribution is -2.41. The fraction of sp³-hybridized carbons (Fsp3) is 0.526. The van der Waals surface area contributed by atoms with Crippen LogP contribution >= 0.6 is 11.6 Å². The summed E-state index contributed by atoms with van der Waals surface area (Å²) in [7, 11) is 0. The van der Waals surface area contributed by atoms with Crippen LogP contribution in [-0.2, 0) is 9.53 Å². The molecule has 2 rings (SSSR count). The van der Waals surface area contributed by atoms with Crippen molar-refractivity contribution in [3.63, 3.8) is 0 Å². The highest BCUT2D eigenvalue weighted by Crippen LogP contribution is 2.33. The lowest BCUT2D eigenvalue weighted by Gasteiger charge is -2.21. The molecule has 1 aromatic rings. The molecule has 1 fully saturated rings. The van der Waals surface area contributed by atoms with E-state index in [1.54, 1.807) is 27.7 Å². The van der Waals surface area contributed by atoms with Crippen molar-refractivity contribution in [3.8, 4) is 0 Å². The second kappa shape index (κ2) is 8.00. The topological polar surface area (TPSA) is 67.8 Å². The molecule has 0 spiro atoms. The third-order valence-electron chi connectivity index (χ3n) is 3.96. The molecule has 1 aromatic carbocycles. The molecule has 0 radical (unpaired) electrons. The molecule has 2 atom stereocenters. The highest BCUT2D eigenvalue weighted by Gasteiger charge is 2.27. The fourth-order valence-corrected chi connectivity index (χ4v) is 2.93. The Labute approximate surface area is 153 Å². The van der Waals surface area contributed by atoms with Gasteiger partial charge in [-0.25, -0.2) is 9.79 Å². The highest BCUT2D eigenvalue weighted by atomic mass is 35.5. The van der Waals surface area contributed by atoms with Crippen molar-refractivity contribution in [1.29, 1.82) is 0 Å². The van der Waals surface area contributed by atoms with E-state index in [1.807, 2.05) is 24.3 Å². The van der Waals surface area contributed by atoms with Crippen LogP contribution in [0.5, 0.6) is 0 Å². The molecule has 0 saturated heterocycles. The van der Waals surface area contributed by atoms with Gasteiger partial charge in [0.25, 0.3) is 5.91 Å². The van der Waals surface area contributed by atoms with Crippen molar-refractivity contribution in [2.75, 3.05) is 0 Å². The summed E-state index contributed by atoms with van der Waals surface area (Å²) in [5.74, 6) is -0.225. The molecule has 1 aliphatic rings. The zero-order valence-corrected chi connectivity index (χ0v) is 15.9. The first-order valence-electron chi connectivity index (χ1n) is 8.52. The monoisotopic (exact) mass is 364 g/mol. The molecular formula is C19H25ClN2O3. The first-order valence-corrected chi connectivity index (χ1v) is 8.90. The maximum absolute atomic E-state index is 12.4. The SMILES string of the molecule is C[C@H](NC(=O)OC(C)(C)C)C(=O)N=C1CCC[C@H]1c1ccc(Cl)cc1. The number of hydrogen-bond donors (Lipinski definition) is 1. The maximum atomic E-state index is 12.4. The summed E-state index contributed by atoms with van der Waals surface area (Å²) in [6, 6.07) is 6.91. The molecule has 0 heterocycles. The van der Waals surface area contributed by atoms with E-state index in [4.69, 9.17) is 16.3 Å². The largest absolute Gasteiger partial charge is 0.444 e. The lowest BCUT2D eigenvalue weighted by molar-refractivity contribution is -0.119. The van der Waals surface area contributed by atoms with E-state index >= 15 is 0 Å². The molecule has 136 valence electrons. The van der Waals surface area contributed by atoms with Gasteiger partial charge in [-0.15, -0.1) is 0 Å². The van der Waals surface area contributed by atoms with E-state index in [-0.39, 0.29) is 11.8 Å². The van der Waals surface area contributed by atoms with E-state index in [1.165, 1.54) is 0 Å². The van der Waals surface area contributed by atoms with Gasteiger partial charge in [0.1, 0.15) is 11.6 Å². The Bertz CT molecular complexity index is 662. The van der Waals surface area contributed by atoms with Gasteiger partial charge in [-0.05, 0) is 64.7 Å². The molecule has 0 aliphatic heterocycles. The van der Waals surface area contributed by atoms with Crippen molar-refractivity contribution < 1.29 is 14.3 Å². The van der Waals surface area contributed by atoms with Crippen LogP contribution in [0.3, 0.4) is 0 Å². The first kappa shape index (κ1) is 19.4. The summed E-state index contributed by atoms with van der Waals surface area (Å²) in [6.45, 7) is 6.93. The fourth-order valence-electron chi connectivity index (χ4n) is 2.80. The smallest absolute Gasteiger partial charge is 0.408 e. The van der Waals surface area contributed by atoms with E-state index in [0.717, 1.165) is 30.5 Å². The normalized spacial score (nSPS) is 20.4. The standard InChI is InChI=1S/C19H25ClN2O3/c1-12(21-18(24)25-19(2,3)4)17(23)22-16-7-5-6-15(16)13-8-10-14(20)11-9-13/h8-12,15H,5-7H2,1-4H3,(H,21,24)/t12-,15-/m0/s1. The molecule has 1 saturated carbocycles. The van der Waals surface area contributed by atoms with Crippen molar-refractivity contribution in [3.05, 3.63) is 34.9 Å². The minimum atomic E-state index is -0.728. The Morgan fingerprint density at radius 3 is 2.52 bits per heavy atom. The van der Waals surface area contributed by atoms with Crippen molar-refractivity contribution in [1.82, 2.24) is 5.32 Å². The minimum absolute atomic E-state index is 0.134. The van der Waals surface area contributed by atoms with Gasteiger partial charge < -0.3 is 10.1 Å². The molecule has 0 unspecified atom stereocenters. The number of carbonyl (C=O) groups is 2. The Morgan fingerprint density at radius 2 is 1.92 bits per heavy atom. The second-order valence-electron chi connectivity index (χ2n) is 7.31. The second-order valence-corrected chi connectivity index (χ2v) is 7.74. The van der Waals surface area contributed by atoms with Crippen LogP contribution in [0.4, 0.5) is 4.79 Å². The van der Waals surface area contributed by atoms with Gasteiger partial charge in [-0.2, -0.15) is 0 Å². The predicted octanol–water partition coefficient (Wildman–Crippen LogP) is 4.49. The Kier molecular flexibility index (Phi) is 6.22. The Morgan fingerprint density at radius 1 is 1.28 bits per heavy atom. The van der Waals surface area contributed by atoms with Crippen LogP contribution in [0.1, 0.15) is 58.4 Å². The predicted molar refractivity (Wildman–Crippen MR) is 99.3 cm³/mol. The minimum Gasteiger partial charge on any atom is -0.444 e. The first-order chi connectivity index (χ1) is 11.7. The number of nitrogens with one attached hydrogen (secondary N) is 1. The zero-order valence-electron chi connectivity index (χ0n) is 15.1. The van der Waals surface area contributed by atoms with Gasteiger partial charge in [0.05, 0.1) is 0 Å². The number of ether oxygens (including phenoxy) is 1. The molecule has 0 aromatic heterocycles. The van der Waals surface area contributed by atoms with Gasteiger partial charge >= 0.3 is 6.09 Å². The van der Waals surface area contributed by atoms with Crippen molar-refractivity contribution in [2.24, 2.45) is 4.99 Å². The quantitative estimate of drug-likeness (QED) is 0.859. The maximum Gasteiger partial charge on any atom is 0.408 e. The van der Waals surface area contributed by atoms with Gasteiger partial charge in [-0.3, -0.25) is 4.79 Å². The average molecular weight is 365 g/mol. The summed E-state index contributed by atoms with van der Waals surface area (Å²) in [4.78, 5) is 28.4. The molecule has 1 N–H and O–H groups in total. The zero-order chi connectivity index (χ0) is 18.6. The van der Waals surface area contributed by atoms with Gasteiger partial charge in [0.15, 0.2) is 0 Å². The number of aliphatic imine (C=N–C) groups is 1. The van der Waals surface area contributed by atoms with E-state index < -0.39 is 17.7 Å². The summed E-state index contributed by atoms with van der Waals surface area (Å²) in [5, 5.41) is 3.22. The molecule has 0 bridgehead atoms. The van der Waals surface area contributed by atoms with Crippen LogP contribution in [0, 0.1) is 0 Å². The molecular weight excluding hydrogens is 340 g/mol. The summed E-state index contributed by atoms with van der Waals surface area (Å²) < 4.78 is 5.17. The summed E-state index contributed by atoms with van der Waals surface area (Å²) >= 11 is 5.94. The number of alkyl carbamates (subject to hydrolysis) is 1. The van der Waals surface area contributed by atoms with Crippen molar-refractivity contribution in [2.45, 2.75) is 64.5 Å². The molecule has 25 heavy (non-hydrogen) atoms. The number of benzene rings is 1. The lowest BCUT2D eigenvalue weighted by atomic mass is 9.96. The molecule has 5 nitrogen and oxygen atoms in total. The third kappa shape index (κ3) is 5.85. The van der Waals surface area contributed by atoms with E-state index in [9.17, 15) is 9.59 Å². The van der Waals surface area contributed by atoms with E-state index in [2.05, 4.69) is 10.3 Å². The Hall–Kier alpha value is -1.88. The van der Waals surface area contributed by atoms with E-state index in [0.29, 0.717) is 5.02 Å². The third-order valence-corrected chi connectivity index (χ3v) is 4.21. The van der Waals surface area contributed by atoms with Crippen LogP contribution in [0.25, 0.3) is 0 Å². The Balaban J connectivity index is 2.03. The van der Waals surface area contributed by atoms with Gasteiger partial charge in [0.2, 0.25) is 0 Å². The number of halogens is 1. The van der Waals surface area contributed by atoms with Crippen LogP contribution < -0.4 is 5.32 Å². The molecule has 6 heteroatoms. The van der Waals surface area contributed by atoms with Crippen molar-refractivity contribution >= 4 is 29.3 Å². The summed E-state index contributed by atoms with van der Waals surface area (Å²) in [5.41, 5.74) is 1.37. The highest BCUT2D eigenvalue weighted by molar-refractivity contribution is 6.30. The van der Waals surface area contributed by atoms with Crippen LogP contribution in [-0.4, -0.2) is 29.4 Å². The van der Waals surface area contributed by atoms with Gasteiger partial charge in [-0.1, -0.05) is 23.7 Å². The average Bonchev–Trinajstić information content (AvgIpc) is 2.94. The molecule has 2 amide bonds. The number of amides is 2. The summed E-state index contributed by atoms with van der Waals surface area (Å²) in [6.07, 6.45) is 2.13. The van der Waals surface area contributed by atoms with Crippen LogP contribution in [0.15, 0.2) is 29.3 Å². The number of carbonyl (C=O) groups excluding carboxylic acids is 2. The number of nitrogens with zero attached hydrogens (tertiary/aromatic N) is 1. The van der Waals surface area contributed by atoms with Crippen LogP contribution in [0.2, 0.25) is 5.02 Å². The number of rotatable bonds is 3. The van der Waals surface area contributed by atoms with Gasteiger partial charge in [0, 0.05) is 16.7 Å². The molecule has 1 aliphatic carbocycles.